The summed E-state index contributed by atoms with van der Waals surface area (Å²) in [6.07, 6.45) is 9.44. The van der Waals surface area contributed by atoms with Gasteiger partial charge in [-0.1, -0.05) is 12.8 Å². The molecule has 0 amide bonds. The monoisotopic (exact) mass is 195 g/mol. The van der Waals surface area contributed by atoms with Gasteiger partial charge in [-0.2, -0.15) is 0 Å². The molecule has 2 heteroatoms. The number of rotatable bonds is 3. The van der Waals surface area contributed by atoms with Crippen LogP contribution in [0.5, 0.6) is 0 Å². The standard InChI is InChI=1S/C12H21NO/c1-13(8-10-9-14-10)11-4-7-12(11)5-2-3-6-12/h10-11H,2-9H2,1H3/t10-,11?/m0/s1. The zero-order valence-electron chi connectivity index (χ0n) is 9.17. The fourth-order valence-electron chi connectivity index (χ4n) is 3.65. The van der Waals surface area contributed by atoms with Crippen LogP contribution in [0.2, 0.25) is 0 Å². The van der Waals surface area contributed by atoms with E-state index in [-0.39, 0.29) is 0 Å². The van der Waals surface area contributed by atoms with E-state index in [1.54, 1.807) is 0 Å². The van der Waals surface area contributed by atoms with Gasteiger partial charge in [0.15, 0.2) is 0 Å². The Bertz CT molecular complexity index is 218. The summed E-state index contributed by atoms with van der Waals surface area (Å²) in [5.74, 6) is 0. The summed E-state index contributed by atoms with van der Waals surface area (Å²) in [7, 11) is 2.30. The van der Waals surface area contributed by atoms with E-state index in [1.165, 1.54) is 45.1 Å². The van der Waals surface area contributed by atoms with Crippen molar-refractivity contribution < 1.29 is 4.74 Å². The highest BCUT2D eigenvalue weighted by Gasteiger charge is 2.50. The lowest BCUT2D eigenvalue weighted by Gasteiger charge is -2.51. The van der Waals surface area contributed by atoms with Crippen LogP contribution in [-0.4, -0.2) is 37.2 Å². The van der Waals surface area contributed by atoms with Crippen molar-refractivity contribution in [2.24, 2.45) is 5.41 Å². The Balaban J connectivity index is 1.60. The fraction of sp³-hybridized carbons (Fsp3) is 1.00. The highest BCUT2D eigenvalue weighted by atomic mass is 16.6. The van der Waals surface area contributed by atoms with Gasteiger partial charge >= 0.3 is 0 Å². The van der Waals surface area contributed by atoms with Gasteiger partial charge in [-0.15, -0.1) is 0 Å². The minimum atomic E-state index is 0.569. The second-order valence-corrected chi connectivity index (χ2v) is 5.52. The molecule has 0 aromatic heterocycles. The van der Waals surface area contributed by atoms with Gasteiger partial charge < -0.3 is 9.64 Å². The summed E-state index contributed by atoms with van der Waals surface area (Å²) in [6.45, 7) is 2.18. The minimum absolute atomic E-state index is 0.569. The number of nitrogens with zero attached hydrogens (tertiary/aromatic N) is 1. The van der Waals surface area contributed by atoms with E-state index in [9.17, 15) is 0 Å². The van der Waals surface area contributed by atoms with E-state index in [2.05, 4.69) is 11.9 Å². The highest BCUT2D eigenvalue weighted by molar-refractivity contribution is 5.03. The molecule has 0 aromatic rings. The molecule has 0 bridgehead atoms. The van der Waals surface area contributed by atoms with Crippen LogP contribution in [0.25, 0.3) is 0 Å². The van der Waals surface area contributed by atoms with E-state index >= 15 is 0 Å². The number of hydrogen-bond donors (Lipinski definition) is 0. The molecule has 1 heterocycles. The first-order valence-electron chi connectivity index (χ1n) is 6.12. The summed E-state index contributed by atoms with van der Waals surface area (Å²) in [5.41, 5.74) is 0.740. The van der Waals surface area contributed by atoms with Gasteiger partial charge in [-0.05, 0) is 38.1 Å². The van der Waals surface area contributed by atoms with E-state index in [0.717, 1.165) is 18.1 Å². The summed E-state index contributed by atoms with van der Waals surface area (Å²) < 4.78 is 5.31. The average Bonchev–Trinajstić information content (AvgIpc) is 2.80. The summed E-state index contributed by atoms with van der Waals surface area (Å²) in [5, 5.41) is 0. The van der Waals surface area contributed by atoms with Crippen LogP contribution in [0.15, 0.2) is 0 Å². The van der Waals surface area contributed by atoms with Crippen molar-refractivity contribution in [2.75, 3.05) is 20.2 Å². The zero-order valence-corrected chi connectivity index (χ0v) is 9.17. The Morgan fingerprint density at radius 3 is 2.50 bits per heavy atom. The van der Waals surface area contributed by atoms with E-state index < -0.39 is 0 Å². The van der Waals surface area contributed by atoms with Crippen LogP contribution in [0.3, 0.4) is 0 Å². The smallest absolute Gasteiger partial charge is 0.0936 e. The van der Waals surface area contributed by atoms with Gasteiger partial charge in [-0.25, -0.2) is 0 Å². The third-order valence-corrected chi connectivity index (χ3v) is 4.65. The molecule has 3 rings (SSSR count). The average molecular weight is 195 g/mol. The van der Waals surface area contributed by atoms with Gasteiger partial charge in [0, 0.05) is 12.6 Å². The molecule has 80 valence electrons. The number of hydrogen-bond acceptors (Lipinski definition) is 2. The molecule has 2 nitrogen and oxygen atoms in total. The van der Waals surface area contributed by atoms with Crippen LogP contribution in [0.4, 0.5) is 0 Å². The lowest BCUT2D eigenvalue weighted by molar-refractivity contribution is -0.0112. The first-order valence-corrected chi connectivity index (χ1v) is 6.12. The zero-order chi connectivity index (χ0) is 9.60. The minimum Gasteiger partial charge on any atom is -0.372 e. The Labute approximate surface area is 86.6 Å². The van der Waals surface area contributed by atoms with Gasteiger partial charge in [0.2, 0.25) is 0 Å². The molecule has 2 atom stereocenters. The Morgan fingerprint density at radius 1 is 1.29 bits per heavy atom. The molecule has 1 spiro atoms. The third kappa shape index (κ3) is 1.40. The SMILES string of the molecule is CN(C[C@H]1CO1)C1CCC12CCCC2. The predicted molar refractivity (Wildman–Crippen MR) is 56.3 cm³/mol. The van der Waals surface area contributed by atoms with Crippen molar-refractivity contribution in [3.05, 3.63) is 0 Å². The number of ether oxygens (including phenoxy) is 1. The van der Waals surface area contributed by atoms with E-state index in [0.29, 0.717) is 6.10 Å². The molecule has 0 radical (unpaired) electrons. The van der Waals surface area contributed by atoms with Crippen molar-refractivity contribution in [3.63, 3.8) is 0 Å². The first kappa shape index (κ1) is 9.17. The maximum atomic E-state index is 5.31. The van der Waals surface area contributed by atoms with Crippen LogP contribution < -0.4 is 0 Å². The lowest BCUT2D eigenvalue weighted by atomic mass is 9.62. The molecule has 0 N–H and O–H groups in total. The van der Waals surface area contributed by atoms with Crippen LogP contribution in [-0.2, 0) is 4.74 Å². The second kappa shape index (κ2) is 3.21. The van der Waals surface area contributed by atoms with Crippen LogP contribution in [0.1, 0.15) is 38.5 Å². The van der Waals surface area contributed by atoms with E-state index in [1.807, 2.05) is 0 Å². The number of likely N-dealkylation sites (N-methyl/N-ethyl adjacent to an activating group) is 1. The van der Waals surface area contributed by atoms with Gasteiger partial charge in [0.25, 0.3) is 0 Å². The van der Waals surface area contributed by atoms with Crippen molar-refractivity contribution in [1.29, 1.82) is 0 Å². The van der Waals surface area contributed by atoms with Gasteiger partial charge in [-0.3, -0.25) is 0 Å². The molecule has 3 aliphatic rings. The molecule has 3 fully saturated rings. The highest BCUT2D eigenvalue weighted by Crippen LogP contribution is 2.55. The van der Waals surface area contributed by atoms with Gasteiger partial charge in [0.05, 0.1) is 12.7 Å². The Morgan fingerprint density at radius 2 is 2.00 bits per heavy atom. The molecule has 1 unspecified atom stereocenters. The third-order valence-electron chi connectivity index (χ3n) is 4.65. The normalized spacial score (nSPS) is 39.0. The largest absolute Gasteiger partial charge is 0.372 e. The predicted octanol–water partition coefficient (Wildman–Crippen LogP) is 2.04. The molecule has 2 saturated carbocycles. The molecular weight excluding hydrogens is 174 g/mol. The molecular formula is C12H21NO. The molecule has 2 aliphatic carbocycles. The quantitative estimate of drug-likeness (QED) is 0.640. The maximum absolute atomic E-state index is 5.31. The van der Waals surface area contributed by atoms with E-state index in [4.69, 9.17) is 4.74 Å². The van der Waals surface area contributed by atoms with Crippen LogP contribution in [0, 0.1) is 5.41 Å². The van der Waals surface area contributed by atoms with Crippen molar-refractivity contribution in [1.82, 2.24) is 4.90 Å². The molecule has 0 aromatic carbocycles. The summed E-state index contributed by atoms with van der Waals surface area (Å²) in [4.78, 5) is 2.58. The lowest BCUT2D eigenvalue weighted by Crippen LogP contribution is -2.53. The second-order valence-electron chi connectivity index (χ2n) is 5.52. The first-order chi connectivity index (χ1) is 6.80. The topological polar surface area (TPSA) is 15.8 Å². The molecule has 1 aliphatic heterocycles. The van der Waals surface area contributed by atoms with Crippen LogP contribution >= 0.6 is 0 Å². The Kier molecular flexibility index (Phi) is 2.10. The summed E-state index contributed by atoms with van der Waals surface area (Å²) >= 11 is 0. The fourth-order valence-corrected chi connectivity index (χ4v) is 3.65. The Hall–Kier alpha value is -0.0800. The van der Waals surface area contributed by atoms with Gasteiger partial charge in [0.1, 0.15) is 0 Å². The van der Waals surface area contributed by atoms with Crippen molar-refractivity contribution in [2.45, 2.75) is 50.7 Å². The summed E-state index contributed by atoms with van der Waals surface area (Å²) in [6, 6.07) is 0.884. The van der Waals surface area contributed by atoms with Crippen molar-refractivity contribution >= 4 is 0 Å². The molecule has 14 heavy (non-hydrogen) atoms. The van der Waals surface area contributed by atoms with Crippen molar-refractivity contribution in [3.8, 4) is 0 Å². The molecule has 1 saturated heterocycles. The number of epoxide rings is 1. The maximum Gasteiger partial charge on any atom is 0.0936 e.